The lowest BCUT2D eigenvalue weighted by atomic mass is 10.1. The Hall–Kier alpha value is -3.35. The maximum absolute atomic E-state index is 12.9. The maximum Gasteiger partial charge on any atom is 0.257 e. The molecule has 4 aromatic rings. The predicted molar refractivity (Wildman–Crippen MR) is 140 cm³/mol. The van der Waals surface area contributed by atoms with Crippen LogP contribution < -0.4 is 10.3 Å². The molecule has 5 rings (SSSR count). The second-order valence-corrected chi connectivity index (χ2v) is 9.51. The highest BCUT2D eigenvalue weighted by molar-refractivity contribution is 6.30. The predicted octanol–water partition coefficient (Wildman–Crippen LogP) is 3.10. The van der Waals surface area contributed by atoms with Crippen LogP contribution in [0.5, 0.6) is 5.75 Å². The molecule has 36 heavy (non-hydrogen) atoms. The molecule has 0 saturated carbocycles. The summed E-state index contributed by atoms with van der Waals surface area (Å²) in [7, 11) is 0. The third-order valence-electron chi connectivity index (χ3n) is 6.84. The molecule has 0 bridgehead atoms. The molecule has 0 aliphatic carbocycles. The van der Waals surface area contributed by atoms with E-state index in [4.69, 9.17) is 16.3 Å². The molecule has 0 spiro atoms. The smallest absolute Gasteiger partial charge is 0.257 e. The third-order valence-corrected chi connectivity index (χ3v) is 7.09. The molecular formula is C27H28ClN5O3. The SMILES string of the molecule is Cc1cc(=O)n2c3ccccc3n(C[C@H](O)N3CCN(CCOc4ccc(Cl)cc4)CC3)c2c1C#N. The molecule has 2 aromatic carbocycles. The van der Waals surface area contributed by atoms with Gasteiger partial charge in [-0.15, -0.1) is 0 Å². The normalized spacial score (nSPS) is 15.8. The Balaban J connectivity index is 1.28. The number of para-hydroxylation sites is 2. The summed E-state index contributed by atoms with van der Waals surface area (Å²) < 4.78 is 9.29. The second-order valence-electron chi connectivity index (χ2n) is 9.07. The quantitative estimate of drug-likeness (QED) is 0.415. The summed E-state index contributed by atoms with van der Waals surface area (Å²) in [6, 6.07) is 18.7. The molecule has 186 valence electrons. The number of halogens is 1. The Morgan fingerprint density at radius 3 is 2.47 bits per heavy atom. The van der Waals surface area contributed by atoms with Gasteiger partial charge < -0.3 is 14.4 Å². The molecule has 1 aliphatic heterocycles. The zero-order valence-corrected chi connectivity index (χ0v) is 20.9. The van der Waals surface area contributed by atoms with E-state index in [-0.39, 0.29) is 12.1 Å². The molecule has 0 unspecified atom stereocenters. The third kappa shape index (κ3) is 4.71. The number of imidazole rings is 1. The van der Waals surface area contributed by atoms with Crippen LogP contribution >= 0.6 is 11.6 Å². The summed E-state index contributed by atoms with van der Waals surface area (Å²) in [5.41, 5.74) is 2.97. The minimum atomic E-state index is -0.751. The van der Waals surface area contributed by atoms with Crippen LogP contribution in [0.4, 0.5) is 0 Å². The lowest BCUT2D eigenvalue weighted by molar-refractivity contribution is -0.0347. The summed E-state index contributed by atoms with van der Waals surface area (Å²) in [6.45, 7) is 6.46. The van der Waals surface area contributed by atoms with Crippen molar-refractivity contribution >= 4 is 28.3 Å². The number of aryl methyl sites for hydroxylation is 1. The lowest BCUT2D eigenvalue weighted by Gasteiger charge is -2.37. The topological polar surface area (TPSA) is 86.1 Å². The number of nitrogens with zero attached hydrogens (tertiary/aromatic N) is 5. The van der Waals surface area contributed by atoms with Gasteiger partial charge in [-0.3, -0.25) is 19.0 Å². The molecule has 8 nitrogen and oxygen atoms in total. The summed E-state index contributed by atoms with van der Waals surface area (Å²) in [5.74, 6) is 0.797. The van der Waals surface area contributed by atoms with Gasteiger partial charge in [0.15, 0.2) is 0 Å². The molecule has 1 saturated heterocycles. The van der Waals surface area contributed by atoms with Crippen LogP contribution in [-0.2, 0) is 6.54 Å². The number of ether oxygens (including phenoxy) is 1. The number of aliphatic hydroxyl groups is 1. The van der Waals surface area contributed by atoms with Crippen molar-refractivity contribution in [2.45, 2.75) is 19.7 Å². The Morgan fingerprint density at radius 2 is 1.78 bits per heavy atom. The van der Waals surface area contributed by atoms with Crippen molar-refractivity contribution in [2.24, 2.45) is 0 Å². The number of nitriles is 1. The highest BCUT2D eigenvalue weighted by Crippen LogP contribution is 2.24. The Morgan fingerprint density at radius 1 is 1.08 bits per heavy atom. The average Bonchev–Trinajstić information content (AvgIpc) is 3.20. The fraction of sp³-hybridized carbons (Fsp3) is 0.333. The van der Waals surface area contributed by atoms with Crippen molar-refractivity contribution in [3.63, 3.8) is 0 Å². The summed E-state index contributed by atoms with van der Waals surface area (Å²) in [4.78, 5) is 17.2. The molecule has 1 fully saturated rings. The molecule has 2 aromatic heterocycles. The largest absolute Gasteiger partial charge is 0.492 e. The first-order valence-corrected chi connectivity index (χ1v) is 12.4. The van der Waals surface area contributed by atoms with Gasteiger partial charge in [0.2, 0.25) is 0 Å². The van der Waals surface area contributed by atoms with Crippen molar-refractivity contribution in [3.05, 3.63) is 81.1 Å². The number of fused-ring (bicyclic) bond motifs is 3. The van der Waals surface area contributed by atoms with E-state index >= 15 is 0 Å². The first kappa shape index (κ1) is 24.3. The fourth-order valence-corrected chi connectivity index (χ4v) is 5.03. The number of aromatic nitrogens is 2. The van der Waals surface area contributed by atoms with Gasteiger partial charge in [0.05, 0.1) is 23.1 Å². The van der Waals surface area contributed by atoms with E-state index in [0.717, 1.165) is 36.4 Å². The minimum Gasteiger partial charge on any atom is -0.492 e. The number of benzene rings is 2. The first-order valence-electron chi connectivity index (χ1n) is 12.0. The van der Waals surface area contributed by atoms with Gasteiger partial charge in [0.25, 0.3) is 5.56 Å². The molecule has 1 atom stereocenters. The highest BCUT2D eigenvalue weighted by Gasteiger charge is 2.25. The molecule has 0 radical (unpaired) electrons. The summed E-state index contributed by atoms with van der Waals surface area (Å²) in [6.07, 6.45) is -0.751. The number of rotatable bonds is 7. The molecule has 9 heteroatoms. The van der Waals surface area contributed by atoms with Gasteiger partial charge in [0, 0.05) is 43.8 Å². The van der Waals surface area contributed by atoms with E-state index < -0.39 is 6.23 Å². The van der Waals surface area contributed by atoms with E-state index in [0.29, 0.717) is 41.5 Å². The molecule has 0 amide bonds. The Kier molecular flexibility index (Phi) is 6.99. The number of hydrogen-bond donors (Lipinski definition) is 1. The van der Waals surface area contributed by atoms with E-state index in [2.05, 4.69) is 11.0 Å². The second kappa shape index (κ2) is 10.3. The van der Waals surface area contributed by atoms with Gasteiger partial charge in [-0.05, 0) is 48.9 Å². The molecule has 1 aliphatic rings. The number of hydrogen-bond acceptors (Lipinski definition) is 6. The first-order chi connectivity index (χ1) is 17.5. The molecular weight excluding hydrogens is 478 g/mol. The van der Waals surface area contributed by atoms with Gasteiger partial charge in [-0.1, -0.05) is 23.7 Å². The zero-order valence-electron chi connectivity index (χ0n) is 20.1. The van der Waals surface area contributed by atoms with Crippen LogP contribution in [-0.4, -0.2) is 69.4 Å². The van der Waals surface area contributed by atoms with Gasteiger partial charge >= 0.3 is 0 Å². The average molecular weight is 506 g/mol. The number of pyridine rings is 1. The maximum atomic E-state index is 12.9. The van der Waals surface area contributed by atoms with Gasteiger partial charge in [-0.2, -0.15) is 5.26 Å². The lowest BCUT2D eigenvalue weighted by Crippen LogP contribution is -2.52. The van der Waals surface area contributed by atoms with Crippen molar-refractivity contribution < 1.29 is 9.84 Å². The summed E-state index contributed by atoms with van der Waals surface area (Å²) >= 11 is 5.92. The van der Waals surface area contributed by atoms with Crippen molar-refractivity contribution in [1.29, 1.82) is 5.26 Å². The van der Waals surface area contributed by atoms with Crippen LogP contribution in [0.3, 0.4) is 0 Å². The molecule has 1 N–H and O–H groups in total. The van der Waals surface area contributed by atoms with Crippen LogP contribution in [0.15, 0.2) is 59.4 Å². The van der Waals surface area contributed by atoms with E-state index in [9.17, 15) is 15.2 Å². The van der Waals surface area contributed by atoms with E-state index in [1.54, 1.807) is 11.3 Å². The number of aliphatic hydroxyl groups excluding tert-OH is 1. The Labute approximate surface area is 214 Å². The molecule has 3 heterocycles. The van der Waals surface area contributed by atoms with E-state index in [1.807, 2.05) is 58.0 Å². The van der Waals surface area contributed by atoms with Crippen LogP contribution in [0.1, 0.15) is 11.1 Å². The summed E-state index contributed by atoms with van der Waals surface area (Å²) in [5, 5.41) is 21.7. The van der Waals surface area contributed by atoms with Crippen LogP contribution in [0.25, 0.3) is 16.7 Å². The highest BCUT2D eigenvalue weighted by atomic mass is 35.5. The van der Waals surface area contributed by atoms with Crippen LogP contribution in [0, 0.1) is 18.3 Å². The Bertz CT molecular complexity index is 1480. The zero-order chi connectivity index (χ0) is 25.2. The monoisotopic (exact) mass is 505 g/mol. The van der Waals surface area contributed by atoms with Crippen molar-refractivity contribution in [2.75, 3.05) is 39.3 Å². The van der Waals surface area contributed by atoms with Gasteiger partial charge in [-0.25, -0.2) is 0 Å². The van der Waals surface area contributed by atoms with Gasteiger partial charge in [0.1, 0.15) is 30.3 Å². The fourth-order valence-electron chi connectivity index (χ4n) is 4.91. The van der Waals surface area contributed by atoms with Crippen molar-refractivity contribution in [3.8, 4) is 11.8 Å². The number of piperazine rings is 1. The standard InChI is InChI=1S/C27H28ClN5O3/c1-19-16-25(34)33-24-5-3-2-4-23(24)32(27(33)22(19)17-29)18-26(35)31-12-10-30(11-13-31)14-15-36-21-8-6-20(28)7-9-21/h2-9,16,26,35H,10-15,18H2,1H3/t26-/m0/s1. The van der Waals surface area contributed by atoms with Crippen molar-refractivity contribution in [1.82, 2.24) is 18.8 Å². The van der Waals surface area contributed by atoms with E-state index in [1.165, 1.54) is 6.07 Å². The van der Waals surface area contributed by atoms with Crippen LogP contribution in [0.2, 0.25) is 5.02 Å². The minimum absolute atomic E-state index is 0.180.